The molecular weight excluding hydrogens is 418 g/mol. The molecule has 3 aromatic rings. The summed E-state index contributed by atoms with van der Waals surface area (Å²) in [6.45, 7) is 3.21. The molecule has 0 bridgehead atoms. The minimum absolute atomic E-state index is 0.0160. The van der Waals surface area contributed by atoms with Crippen LogP contribution in [0.1, 0.15) is 47.5 Å². The van der Waals surface area contributed by atoms with Gasteiger partial charge < -0.3 is 20.3 Å². The first kappa shape index (κ1) is 21.7. The predicted octanol–water partition coefficient (Wildman–Crippen LogP) is 1.05. The van der Waals surface area contributed by atoms with Crippen LogP contribution in [-0.2, 0) is 9.47 Å². The summed E-state index contributed by atoms with van der Waals surface area (Å²) in [5.74, 6) is -1.43. The summed E-state index contributed by atoms with van der Waals surface area (Å²) in [6, 6.07) is 8.44. The minimum Gasteiger partial charge on any atom is -0.459 e. The largest absolute Gasteiger partial charge is 0.459 e. The van der Waals surface area contributed by atoms with Crippen molar-refractivity contribution >= 4 is 28.9 Å². The summed E-state index contributed by atoms with van der Waals surface area (Å²) in [6.07, 6.45) is -2.61. The maximum atomic E-state index is 12.8. The van der Waals surface area contributed by atoms with Crippen LogP contribution in [0.3, 0.4) is 0 Å². The Kier molecular flexibility index (Phi) is 5.76. The lowest BCUT2D eigenvalue weighted by atomic mass is 10.1. The number of anilines is 1. The maximum Gasteiger partial charge on any atom is 0.338 e. The third-order valence-electron chi connectivity index (χ3n) is 5.19. The maximum absolute atomic E-state index is 12.8. The highest BCUT2D eigenvalue weighted by molar-refractivity contribution is 5.97. The van der Waals surface area contributed by atoms with Crippen molar-refractivity contribution in [2.45, 2.75) is 38.7 Å². The number of hydrogen-bond donors (Lipinski definition) is 3. The Bertz CT molecular complexity index is 1220. The average molecular weight is 441 g/mol. The summed E-state index contributed by atoms with van der Waals surface area (Å²) in [4.78, 5) is 48.0. The van der Waals surface area contributed by atoms with E-state index in [0.717, 1.165) is 0 Å². The quantitative estimate of drug-likeness (QED) is 0.375. The molecule has 32 heavy (non-hydrogen) atoms. The van der Waals surface area contributed by atoms with E-state index in [9.17, 15) is 19.5 Å². The van der Waals surface area contributed by atoms with Gasteiger partial charge in [-0.1, -0.05) is 32.0 Å². The summed E-state index contributed by atoms with van der Waals surface area (Å²) < 4.78 is 12.6. The number of ether oxygens (including phenoxy) is 2. The topological polar surface area (TPSA) is 162 Å². The number of Topliss-reactive ketones (excluding diaryl/α,β-unsaturated/α-hetero) is 1. The van der Waals surface area contributed by atoms with Crippen LogP contribution >= 0.6 is 0 Å². The third kappa shape index (κ3) is 3.99. The van der Waals surface area contributed by atoms with Crippen molar-refractivity contribution in [3.63, 3.8) is 0 Å². The van der Waals surface area contributed by atoms with Crippen molar-refractivity contribution in [2.24, 2.45) is 5.92 Å². The molecule has 0 aliphatic carbocycles. The van der Waals surface area contributed by atoms with Crippen LogP contribution in [0.25, 0.3) is 11.2 Å². The number of nitrogen functional groups attached to an aromatic ring is 1. The minimum atomic E-state index is -0.984. The van der Waals surface area contributed by atoms with Gasteiger partial charge in [0.05, 0.1) is 11.7 Å². The number of ketones is 1. The van der Waals surface area contributed by atoms with Crippen LogP contribution in [0.4, 0.5) is 5.95 Å². The van der Waals surface area contributed by atoms with Gasteiger partial charge in [-0.05, 0) is 12.1 Å². The SMILES string of the molecule is CC(C)C(=O)c1nc2c(=O)[nH]c(N)nc2n1[C@@H]1C[C@@H](O)[C@@H](COC(=O)c2ccccc2)O1. The number of aliphatic hydroxyl groups is 1. The molecule has 1 aliphatic rings. The van der Waals surface area contributed by atoms with E-state index in [1.54, 1.807) is 44.2 Å². The fourth-order valence-corrected chi connectivity index (χ4v) is 3.54. The number of esters is 1. The molecule has 0 amide bonds. The Morgan fingerprint density at radius 2 is 2.03 bits per heavy atom. The van der Waals surface area contributed by atoms with Gasteiger partial charge in [0.2, 0.25) is 11.7 Å². The van der Waals surface area contributed by atoms with E-state index in [1.807, 2.05) is 0 Å². The number of aromatic nitrogens is 4. The number of carbonyl (C=O) groups excluding carboxylic acids is 2. The lowest BCUT2D eigenvalue weighted by molar-refractivity contribution is -0.0513. The van der Waals surface area contributed by atoms with Crippen molar-refractivity contribution in [3.05, 3.63) is 52.1 Å². The molecule has 2 aromatic heterocycles. The molecule has 0 saturated carbocycles. The van der Waals surface area contributed by atoms with E-state index in [1.165, 1.54) is 4.57 Å². The molecule has 1 aromatic carbocycles. The highest BCUT2D eigenvalue weighted by Crippen LogP contribution is 2.33. The molecule has 4 N–H and O–H groups in total. The Balaban J connectivity index is 1.61. The summed E-state index contributed by atoms with van der Waals surface area (Å²) >= 11 is 0. The van der Waals surface area contributed by atoms with Gasteiger partial charge in [-0.15, -0.1) is 0 Å². The number of aliphatic hydroxyl groups excluding tert-OH is 1. The number of H-pyrrole nitrogens is 1. The smallest absolute Gasteiger partial charge is 0.338 e. The van der Waals surface area contributed by atoms with Crippen LogP contribution in [0.15, 0.2) is 35.1 Å². The van der Waals surface area contributed by atoms with Crippen molar-refractivity contribution < 1.29 is 24.2 Å². The first-order valence-corrected chi connectivity index (χ1v) is 10.1. The van der Waals surface area contributed by atoms with E-state index in [4.69, 9.17) is 15.2 Å². The van der Waals surface area contributed by atoms with Crippen molar-refractivity contribution in [1.82, 2.24) is 19.5 Å². The average Bonchev–Trinajstić information content (AvgIpc) is 3.32. The highest BCUT2D eigenvalue weighted by Gasteiger charge is 2.39. The van der Waals surface area contributed by atoms with Crippen molar-refractivity contribution in [2.75, 3.05) is 12.3 Å². The molecule has 0 spiro atoms. The number of nitrogens with two attached hydrogens (primary N) is 1. The molecule has 11 heteroatoms. The molecule has 4 rings (SSSR count). The van der Waals surface area contributed by atoms with Crippen molar-refractivity contribution in [1.29, 1.82) is 0 Å². The Hall–Kier alpha value is -3.57. The highest BCUT2D eigenvalue weighted by atomic mass is 16.6. The van der Waals surface area contributed by atoms with Crippen molar-refractivity contribution in [3.8, 4) is 0 Å². The molecule has 168 valence electrons. The number of carbonyl (C=O) groups is 2. The number of benzene rings is 1. The Morgan fingerprint density at radius 3 is 2.72 bits per heavy atom. The fraction of sp³-hybridized carbons (Fsp3) is 0.381. The lowest BCUT2D eigenvalue weighted by Crippen LogP contribution is -2.28. The molecule has 3 heterocycles. The third-order valence-corrected chi connectivity index (χ3v) is 5.19. The van der Waals surface area contributed by atoms with Gasteiger partial charge in [-0.3, -0.25) is 19.1 Å². The number of nitrogens with one attached hydrogen (secondary N) is 1. The molecule has 0 unspecified atom stereocenters. The first-order valence-electron chi connectivity index (χ1n) is 10.1. The van der Waals surface area contributed by atoms with E-state index in [0.29, 0.717) is 5.56 Å². The lowest BCUT2D eigenvalue weighted by Gasteiger charge is -2.18. The second-order valence-corrected chi connectivity index (χ2v) is 7.84. The van der Waals surface area contributed by atoms with E-state index < -0.39 is 35.9 Å². The van der Waals surface area contributed by atoms with Gasteiger partial charge >= 0.3 is 5.97 Å². The number of fused-ring (bicyclic) bond motifs is 1. The van der Waals surface area contributed by atoms with Crippen LogP contribution in [0, 0.1) is 5.92 Å². The number of imidazole rings is 1. The zero-order valence-corrected chi connectivity index (χ0v) is 17.5. The Labute approximate surface area is 182 Å². The monoisotopic (exact) mass is 441 g/mol. The molecular formula is C21H23N5O6. The molecule has 1 aliphatic heterocycles. The van der Waals surface area contributed by atoms with Gasteiger partial charge in [-0.2, -0.15) is 4.98 Å². The molecule has 1 fully saturated rings. The van der Waals surface area contributed by atoms with E-state index in [2.05, 4.69) is 15.0 Å². The van der Waals surface area contributed by atoms with Gasteiger partial charge in [0.15, 0.2) is 17.0 Å². The van der Waals surface area contributed by atoms with Gasteiger partial charge in [0.25, 0.3) is 5.56 Å². The molecule has 3 atom stereocenters. The number of aromatic amines is 1. The van der Waals surface area contributed by atoms with Gasteiger partial charge in [0.1, 0.15) is 18.9 Å². The number of nitrogens with zero attached hydrogens (tertiary/aromatic N) is 3. The molecule has 11 nitrogen and oxygen atoms in total. The van der Waals surface area contributed by atoms with Gasteiger partial charge in [0, 0.05) is 12.3 Å². The predicted molar refractivity (Wildman–Crippen MR) is 113 cm³/mol. The molecule has 0 radical (unpaired) electrons. The summed E-state index contributed by atoms with van der Waals surface area (Å²) in [7, 11) is 0. The molecule has 1 saturated heterocycles. The summed E-state index contributed by atoms with van der Waals surface area (Å²) in [5.41, 5.74) is 5.50. The van der Waals surface area contributed by atoms with Crippen LogP contribution in [0.5, 0.6) is 0 Å². The zero-order valence-electron chi connectivity index (χ0n) is 17.5. The Morgan fingerprint density at radius 1 is 1.31 bits per heavy atom. The second-order valence-electron chi connectivity index (χ2n) is 7.84. The van der Waals surface area contributed by atoms with E-state index >= 15 is 0 Å². The fourth-order valence-electron chi connectivity index (χ4n) is 3.54. The standard InChI is InChI=1S/C21H23N5O6/c1-10(2)16(28)18-23-15-17(24-21(22)25-19(15)29)26(18)14-8-12(27)13(32-14)9-31-20(30)11-6-4-3-5-7-11/h3-7,10,12-14,27H,8-9H2,1-2H3,(H3,22,24,25,29)/t12-,13-,14+/m1/s1. The normalized spacial score (nSPS) is 20.7. The number of hydrogen-bond acceptors (Lipinski definition) is 9. The summed E-state index contributed by atoms with van der Waals surface area (Å²) in [5, 5.41) is 10.5. The van der Waals surface area contributed by atoms with E-state index in [-0.39, 0.29) is 41.7 Å². The first-order chi connectivity index (χ1) is 15.3. The zero-order chi connectivity index (χ0) is 23.0. The van der Waals surface area contributed by atoms with Crippen LogP contribution in [-0.4, -0.2) is 55.2 Å². The van der Waals surface area contributed by atoms with Crippen LogP contribution < -0.4 is 11.3 Å². The van der Waals surface area contributed by atoms with Gasteiger partial charge in [-0.25, -0.2) is 9.78 Å². The van der Waals surface area contributed by atoms with Crippen LogP contribution in [0.2, 0.25) is 0 Å². The number of rotatable bonds is 6. The second kappa shape index (κ2) is 8.52.